The van der Waals surface area contributed by atoms with Gasteiger partial charge in [0.25, 0.3) is 0 Å². The molecule has 6 heteroatoms. The average Bonchev–Trinajstić information content (AvgIpc) is 2.57. The molecule has 0 aliphatic carbocycles. The largest absolute Gasteiger partial charge is 0.505 e. The van der Waals surface area contributed by atoms with Gasteiger partial charge in [-0.2, -0.15) is 0 Å². The van der Waals surface area contributed by atoms with Gasteiger partial charge in [-0.3, -0.25) is 9.78 Å². The number of anilines is 1. The molecule has 0 fully saturated rings. The number of aryl methyl sites for hydroxylation is 1. The van der Waals surface area contributed by atoms with E-state index in [-0.39, 0.29) is 16.7 Å². The number of halogens is 2. The molecule has 0 saturated carbocycles. The molecule has 0 spiro atoms. The van der Waals surface area contributed by atoms with Crippen molar-refractivity contribution in [1.82, 2.24) is 4.98 Å². The van der Waals surface area contributed by atoms with E-state index in [1.54, 1.807) is 25.3 Å². The number of rotatable bonds is 4. The summed E-state index contributed by atoms with van der Waals surface area (Å²) in [7, 11) is 0. The second kappa shape index (κ2) is 7.69. The van der Waals surface area contributed by atoms with Crippen LogP contribution in [0.5, 0.6) is 0 Å². The van der Waals surface area contributed by atoms with E-state index in [4.69, 9.17) is 23.2 Å². The highest BCUT2D eigenvalue weighted by molar-refractivity contribution is 6.41. The van der Waals surface area contributed by atoms with E-state index in [9.17, 15) is 9.90 Å². The van der Waals surface area contributed by atoms with E-state index in [0.717, 1.165) is 12.0 Å². The van der Waals surface area contributed by atoms with E-state index in [1.165, 1.54) is 6.92 Å². The molecular formula is C18H18Cl2N2O2. The average molecular weight is 365 g/mol. The van der Waals surface area contributed by atoms with Crippen molar-refractivity contribution in [1.29, 1.82) is 0 Å². The minimum absolute atomic E-state index is 0.0467. The summed E-state index contributed by atoms with van der Waals surface area (Å²) in [6.07, 6.45) is 2.37. The van der Waals surface area contributed by atoms with Gasteiger partial charge >= 0.3 is 0 Å². The number of carbonyl (C=O) groups is 1. The molecule has 0 unspecified atom stereocenters. The molecule has 1 aromatic heterocycles. The van der Waals surface area contributed by atoms with Gasteiger partial charge in [0.15, 0.2) is 0 Å². The lowest BCUT2D eigenvalue weighted by atomic mass is 10.0. The highest BCUT2D eigenvalue weighted by Crippen LogP contribution is 2.38. The molecule has 0 bridgehead atoms. The van der Waals surface area contributed by atoms with Crippen LogP contribution in [0.1, 0.15) is 37.6 Å². The zero-order valence-corrected chi connectivity index (χ0v) is 15.2. The first-order valence-electron chi connectivity index (χ1n) is 7.46. The van der Waals surface area contributed by atoms with E-state index < -0.39 is 0 Å². The smallest absolute Gasteiger partial charge is 0.221 e. The Kier molecular flexibility index (Phi) is 5.86. The molecule has 1 aromatic carbocycles. The molecule has 2 N–H and O–H groups in total. The number of pyridine rings is 1. The van der Waals surface area contributed by atoms with Crippen LogP contribution in [0.4, 0.5) is 5.69 Å². The van der Waals surface area contributed by atoms with E-state index in [1.807, 2.05) is 19.1 Å². The van der Waals surface area contributed by atoms with Crippen molar-refractivity contribution in [2.45, 2.75) is 27.2 Å². The number of hydrogen-bond acceptors (Lipinski definition) is 3. The van der Waals surface area contributed by atoms with Gasteiger partial charge < -0.3 is 10.4 Å². The van der Waals surface area contributed by atoms with Crippen molar-refractivity contribution < 1.29 is 9.90 Å². The standard InChI is InChI=1S/C18H18Cl2N2O2/c1-4-12-6-5-9-21-16(12)18(24)10(2)13-7-8-14(19)17(15(13)20)22-11(3)23/h5-9,24H,4H2,1-3H3,(H,22,23)/b18-10-. The Morgan fingerprint density at radius 2 is 1.96 bits per heavy atom. The van der Waals surface area contributed by atoms with Gasteiger partial charge in [0.1, 0.15) is 11.5 Å². The van der Waals surface area contributed by atoms with Crippen LogP contribution in [0.15, 0.2) is 30.5 Å². The Labute approximate surface area is 151 Å². The predicted molar refractivity (Wildman–Crippen MR) is 99.5 cm³/mol. The van der Waals surface area contributed by atoms with Crippen LogP contribution in [0, 0.1) is 0 Å². The predicted octanol–water partition coefficient (Wildman–Crippen LogP) is 5.36. The molecule has 0 radical (unpaired) electrons. The number of benzene rings is 1. The maximum Gasteiger partial charge on any atom is 0.221 e. The van der Waals surface area contributed by atoms with Crippen molar-refractivity contribution in [2.75, 3.05) is 5.32 Å². The topological polar surface area (TPSA) is 62.2 Å². The van der Waals surface area contributed by atoms with Crippen LogP contribution in [0.2, 0.25) is 10.0 Å². The van der Waals surface area contributed by atoms with Gasteiger partial charge in [0, 0.05) is 24.3 Å². The Hall–Kier alpha value is -2.04. The first-order valence-corrected chi connectivity index (χ1v) is 8.22. The maximum atomic E-state index is 11.3. The van der Waals surface area contributed by atoms with Crippen LogP contribution < -0.4 is 5.32 Å². The third-order valence-electron chi connectivity index (χ3n) is 3.65. The molecule has 24 heavy (non-hydrogen) atoms. The second-order valence-corrected chi connectivity index (χ2v) is 6.09. The van der Waals surface area contributed by atoms with Crippen LogP contribution in [-0.2, 0) is 11.2 Å². The summed E-state index contributed by atoms with van der Waals surface area (Å²) in [6.45, 7) is 5.12. The minimum Gasteiger partial charge on any atom is -0.505 e. The Bertz CT molecular complexity index is 817. The first kappa shape index (κ1) is 18.3. The number of nitrogens with zero attached hydrogens (tertiary/aromatic N) is 1. The molecule has 4 nitrogen and oxygen atoms in total. The number of allylic oxidation sites excluding steroid dienone is 1. The summed E-state index contributed by atoms with van der Waals surface area (Å²) in [5.41, 5.74) is 2.91. The van der Waals surface area contributed by atoms with Gasteiger partial charge in [-0.25, -0.2) is 0 Å². The van der Waals surface area contributed by atoms with Crippen LogP contribution >= 0.6 is 23.2 Å². The zero-order chi connectivity index (χ0) is 17.9. The highest BCUT2D eigenvalue weighted by Gasteiger charge is 2.17. The van der Waals surface area contributed by atoms with Gasteiger partial charge in [-0.1, -0.05) is 42.3 Å². The van der Waals surface area contributed by atoms with Crippen molar-refractivity contribution in [3.05, 3.63) is 57.3 Å². The molecule has 2 aromatic rings. The van der Waals surface area contributed by atoms with Gasteiger partial charge in [-0.05, 0) is 31.0 Å². The maximum absolute atomic E-state index is 11.3. The number of aliphatic hydroxyl groups excluding tert-OH is 1. The van der Waals surface area contributed by atoms with Crippen molar-refractivity contribution >= 4 is 46.1 Å². The quantitative estimate of drug-likeness (QED) is 0.718. The fourth-order valence-corrected chi connectivity index (χ4v) is 2.98. The summed E-state index contributed by atoms with van der Waals surface area (Å²) >= 11 is 12.5. The Balaban J connectivity index is 2.60. The normalized spacial score (nSPS) is 11.9. The third kappa shape index (κ3) is 3.71. The van der Waals surface area contributed by atoms with Crippen LogP contribution in [0.3, 0.4) is 0 Å². The summed E-state index contributed by atoms with van der Waals surface area (Å²) < 4.78 is 0. The number of hydrogen-bond donors (Lipinski definition) is 2. The molecule has 0 aliphatic rings. The fraction of sp³-hybridized carbons (Fsp3) is 0.222. The molecule has 0 atom stereocenters. The Morgan fingerprint density at radius 3 is 2.58 bits per heavy atom. The molecule has 126 valence electrons. The molecule has 1 amide bonds. The molecule has 0 saturated heterocycles. The lowest BCUT2D eigenvalue weighted by Gasteiger charge is -2.14. The fourth-order valence-electron chi connectivity index (χ4n) is 2.38. The lowest BCUT2D eigenvalue weighted by molar-refractivity contribution is -0.114. The number of amides is 1. The number of carbonyl (C=O) groups excluding carboxylic acids is 1. The number of aliphatic hydroxyl groups is 1. The highest BCUT2D eigenvalue weighted by atomic mass is 35.5. The number of aromatic nitrogens is 1. The summed E-state index contributed by atoms with van der Waals surface area (Å²) in [5, 5.41) is 13.9. The SMILES string of the molecule is CCc1cccnc1/C(O)=C(\C)c1ccc(Cl)c(NC(C)=O)c1Cl. The van der Waals surface area contributed by atoms with Crippen molar-refractivity contribution in [2.24, 2.45) is 0 Å². The molecular weight excluding hydrogens is 347 g/mol. The van der Waals surface area contributed by atoms with Gasteiger partial charge in [-0.15, -0.1) is 0 Å². The lowest BCUT2D eigenvalue weighted by Crippen LogP contribution is -2.07. The van der Waals surface area contributed by atoms with Crippen LogP contribution in [0.25, 0.3) is 11.3 Å². The van der Waals surface area contributed by atoms with E-state index >= 15 is 0 Å². The summed E-state index contributed by atoms with van der Waals surface area (Å²) in [5.74, 6) is -0.231. The Morgan fingerprint density at radius 1 is 1.25 bits per heavy atom. The molecule has 1 heterocycles. The number of nitrogens with one attached hydrogen (secondary N) is 1. The van der Waals surface area contributed by atoms with Crippen molar-refractivity contribution in [3.63, 3.8) is 0 Å². The van der Waals surface area contributed by atoms with Crippen molar-refractivity contribution in [3.8, 4) is 0 Å². The van der Waals surface area contributed by atoms with E-state index in [2.05, 4.69) is 10.3 Å². The van der Waals surface area contributed by atoms with Crippen LogP contribution in [-0.4, -0.2) is 16.0 Å². The summed E-state index contributed by atoms with van der Waals surface area (Å²) in [4.78, 5) is 15.6. The van der Waals surface area contributed by atoms with Gasteiger partial charge in [0.2, 0.25) is 5.91 Å². The third-order valence-corrected chi connectivity index (χ3v) is 4.36. The second-order valence-electron chi connectivity index (χ2n) is 5.30. The van der Waals surface area contributed by atoms with E-state index in [0.29, 0.717) is 27.5 Å². The minimum atomic E-state index is -0.278. The van der Waals surface area contributed by atoms with Gasteiger partial charge in [0.05, 0.1) is 15.7 Å². The first-order chi connectivity index (χ1) is 11.4. The molecule has 0 aliphatic heterocycles. The zero-order valence-electron chi connectivity index (χ0n) is 13.7. The molecule has 2 rings (SSSR count). The monoisotopic (exact) mass is 364 g/mol. The summed E-state index contributed by atoms with van der Waals surface area (Å²) in [6, 6.07) is 7.08.